The second-order valence-electron chi connectivity index (χ2n) is 3.25. The lowest BCUT2D eigenvalue weighted by atomic mass is 10.1. The maximum absolute atomic E-state index is 10.8. The molecule has 6 heteroatoms. The Kier molecular flexibility index (Phi) is 4.96. The third kappa shape index (κ3) is 4.52. The first kappa shape index (κ1) is 13.0. The molecule has 92 valence electrons. The molecule has 4 N–H and O–H groups in total. The fraction of sp³-hybridized carbons (Fsp3) is 0.273. The van der Waals surface area contributed by atoms with E-state index in [0.29, 0.717) is 12.1 Å². The minimum Gasteiger partial charge on any atom is -0.453 e. The van der Waals surface area contributed by atoms with Crippen LogP contribution in [0.1, 0.15) is 5.56 Å². The molecule has 1 aromatic rings. The predicted molar refractivity (Wildman–Crippen MR) is 64.1 cm³/mol. The highest BCUT2D eigenvalue weighted by atomic mass is 16.5. The maximum atomic E-state index is 10.8. The molecule has 0 atom stereocenters. The molecule has 0 saturated carbocycles. The van der Waals surface area contributed by atoms with Crippen LogP contribution in [-0.4, -0.2) is 30.9 Å². The van der Waals surface area contributed by atoms with Gasteiger partial charge in [-0.1, -0.05) is 12.1 Å². The summed E-state index contributed by atoms with van der Waals surface area (Å²) >= 11 is 0. The largest absolute Gasteiger partial charge is 0.453 e. The number of rotatable bonds is 3. The van der Waals surface area contributed by atoms with Crippen LogP contribution in [0.2, 0.25) is 0 Å². The molecular formula is C11H15N3O3. The number of methoxy groups -OCH3 is 1. The average Bonchev–Trinajstić information content (AvgIpc) is 2.31. The van der Waals surface area contributed by atoms with Crippen LogP contribution in [0.15, 0.2) is 29.3 Å². The Morgan fingerprint density at radius 1 is 1.47 bits per heavy atom. The molecule has 6 nitrogen and oxygen atoms in total. The molecule has 0 spiro atoms. The van der Waals surface area contributed by atoms with Crippen molar-refractivity contribution in [3.8, 4) is 0 Å². The minimum absolute atomic E-state index is 0.0354. The molecule has 0 unspecified atom stereocenters. The number of nitrogens with two attached hydrogens (primary N) is 1. The molecule has 0 saturated heterocycles. The van der Waals surface area contributed by atoms with Crippen molar-refractivity contribution in [2.45, 2.75) is 6.42 Å². The zero-order chi connectivity index (χ0) is 12.7. The third-order valence-corrected chi connectivity index (χ3v) is 2.00. The summed E-state index contributed by atoms with van der Waals surface area (Å²) in [5.41, 5.74) is 7.09. The monoisotopic (exact) mass is 237 g/mol. The van der Waals surface area contributed by atoms with Gasteiger partial charge in [-0.15, -0.1) is 0 Å². The Morgan fingerprint density at radius 3 is 2.65 bits per heavy atom. The molecule has 0 fully saturated rings. The van der Waals surface area contributed by atoms with Gasteiger partial charge in [0.1, 0.15) is 0 Å². The standard InChI is InChI=1S/C11H15N3O3/c1-17-11(16)14-10(12)13-9-4-2-8(3-5-9)6-7-15/h2-5,15H,6-7H2,1H3,(H3,12,13,14,16). The highest BCUT2D eigenvalue weighted by Crippen LogP contribution is 2.12. The minimum atomic E-state index is -0.664. The number of aliphatic imine (C=N–C) groups is 1. The summed E-state index contributed by atoms with van der Waals surface area (Å²) < 4.78 is 4.37. The van der Waals surface area contributed by atoms with Crippen LogP contribution in [0, 0.1) is 0 Å². The number of ether oxygens (including phenoxy) is 1. The number of hydrogen-bond donors (Lipinski definition) is 3. The molecular weight excluding hydrogens is 222 g/mol. The van der Waals surface area contributed by atoms with Gasteiger partial charge in [-0.25, -0.2) is 9.79 Å². The fourth-order valence-electron chi connectivity index (χ4n) is 1.19. The van der Waals surface area contributed by atoms with Crippen LogP contribution in [0.4, 0.5) is 10.5 Å². The van der Waals surface area contributed by atoms with Crippen LogP contribution in [0.5, 0.6) is 0 Å². The molecule has 1 rings (SSSR count). The number of aliphatic hydroxyl groups excluding tert-OH is 1. The van der Waals surface area contributed by atoms with Crippen molar-refractivity contribution in [2.75, 3.05) is 13.7 Å². The van der Waals surface area contributed by atoms with Gasteiger partial charge in [0.25, 0.3) is 0 Å². The lowest BCUT2D eigenvalue weighted by Gasteiger charge is -2.03. The summed E-state index contributed by atoms with van der Waals surface area (Å²) in [6.45, 7) is 0.106. The van der Waals surface area contributed by atoms with E-state index in [1.807, 2.05) is 12.1 Å². The van der Waals surface area contributed by atoms with Gasteiger partial charge in [0, 0.05) is 6.61 Å². The van der Waals surface area contributed by atoms with E-state index in [1.165, 1.54) is 7.11 Å². The van der Waals surface area contributed by atoms with Crippen molar-refractivity contribution in [2.24, 2.45) is 10.7 Å². The van der Waals surface area contributed by atoms with Crippen molar-refractivity contribution in [3.63, 3.8) is 0 Å². The van der Waals surface area contributed by atoms with Crippen molar-refractivity contribution in [1.29, 1.82) is 0 Å². The number of carbonyl (C=O) groups is 1. The van der Waals surface area contributed by atoms with Gasteiger partial charge < -0.3 is 15.6 Å². The lowest BCUT2D eigenvalue weighted by molar-refractivity contribution is 0.176. The zero-order valence-electron chi connectivity index (χ0n) is 9.51. The number of alkyl carbamates (subject to hydrolysis) is 1. The number of nitrogens with zero attached hydrogens (tertiary/aromatic N) is 1. The molecule has 0 aliphatic carbocycles. The summed E-state index contributed by atoms with van der Waals surface area (Å²) in [6, 6.07) is 7.16. The quantitative estimate of drug-likeness (QED) is 0.527. The first-order valence-corrected chi connectivity index (χ1v) is 5.04. The molecule has 1 amide bonds. The second kappa shape index (κ2) is 6.49. The highest BCUT2D eigenvalue weighted by Gasteiger charge is 2.00. The van der Waals surface area contributed by atoms with Gasteiger partial charge in [-0.05, 0) is 24.1 Å². The molecule has 0 bridgehead atoms. The van der Waals surface area contributed by atoms with Gasteiger partial charge in [0.05, 0.1) is 12.8 Å². The van der Waals surface area contributed by atoms with Gasteiger partial charge in [0.15, 0.2) is 0 Å². The smallest absolute Gasteiger partial charge is 0.413 e. The molecule has 0 aliphatic rings. The van der Waals surface area contributed by atoms with E-state index < -0.39 is 6.09 Å². The van der Waals surface area contributed by atoms with E-state index >= 15 is 0 Å². The summed E-state index contributed by atoms with van der Waals surface area (Å²) in [4.78, 5) is 14.8. The normalized spacial score (nSPS) is 11.1. The van der Waals surface area contributed by atoms with Crippen LogP contribution < -0.4 is 11.1 Å². The Morgan fingerprint density at radius 2 is 2.12 bits per heavy atom. The Labute approximate surface area is 99.1 Å². The molecule has 0 aromatic heterocycles. The SMILES string of the molecule is COC(=O)NC(N)=Nc1ccc(CCO)cc1. The molecule has 0 radical (unpaired) electrons. The average molecular weight is 237 g/mol. The van der Waals surface area contributed by atoms with Crippen LogP contribution >= 0.6 is 0 Å². The summed E-state index contributed by atoms with van der Waals surface area (Å²) in [7, 11) is 1.24. The van der Waals surface area contributed by atoms with Crippen molar-refractivity contribution in [1.82, 2.24) is 5.32 Å². The number of amides is 1. The maximum Gasteiger partial charge on any atom is 0.413 e. The molecule has 0 aliphatic heterocycles. The number of benzene rings is 1. The van der Waals surface area contributed by atoms with E-state index in [4.69, 9.17) is 10.8 Å². The first-order valence-electron chi connectivity index (χ1n) is 5.04. The van der Waals surface area contributed by atoms with Crippen LogP contribution in [-0.2, 0) is 11.2 Å². The van der Waals surface area contributed by atoms with E-state index in [-0.39, 0.29) is 12.6 Å². The van der Waals surface area contributed by atoms with Crippen LogP contribution in [0.25, 0.3) is 0 Å². The molecule has 17 heavy (non-hydrogen) atoms. The Bertz CT molecular complexity index is 401. The van der Waals surface area contributed by atoms with Gasteiger partial charge >= 0.3 is 6.09 Å². The summed E-state index contributed by atoms with van der Waals surface area (Å²) in [6.07, 6.45) is -0.0666. The number of hydrogen-bond acceptors (Lipinski definition) is 4. The number of aliphatic hydroxyl groups is 1. The van der Waals surface area contributed by atoms with E-state index in [9.17, 15) is 4.79 Å². The predicted octanol–water partition coefficient (Wildman–Crippen LogP) is 0.524. The van der Waals surface area contributed by atoms with Gasteiger partial charge in [-0.3, -0.25) is 5.32 Å². The zero-order valence-corrected chi connectivity index (χ0v) is 9.51. The number of guanidine groups is 1. The Hall–Kier alpha value is -2.08. The van der Waals surface area contributed by atoms with Crippen LogP contribution in [0.3, 0.4) is 0 Å². The van der Waals surface area contributed by atoms with E-state index in [2.05, 4.69) is 15.0 Å². The lowest BCUT2D eigenvalue weighted by Crippen LogP contribution is -2.36. The third-order valence-electron chi connectivity index (χ3n) is 2.00. The van der Waals surface area contributed by atoms with E-state index in [1.54, 1.807) is 12.1 Å². The number of nitrogens with one attached hydrogen (secondary N) is 1. The second-order valence-corrected chi connectivity index (χ2v) is 3.25. The van der Waals surface area contributed by atoms with Gasteiger partial charge in [-0.2, -0.15) is 0 Å². The number of carbonyl (C=O) groups excluding carboxylic acids is 1. The highest BCUT2D eigenvalue weighted by molar-refractivity contribution is 5.94. The van der Waals surface area contributed by atoms with Crippen molar-refractivity contribution in [3.05, 3.63) is 29.8 Å². The topological polar surface area (TPSA) is 96.9 Å². The van der Waals surface area contributed by atoms with Crippen molar-refractivity contribution >= 4 is 17.7 Å². The summed E-state index contributed by atoms with van der Waals surface area (Å²) in [5.74, 6) is -0.0354. The Balaban J connectivity index is 2.67. The van der Waals surface area contributed by atoms with E-state index in [0.717, 1.165) is 5.56 Å². The van der Waals surface area contributed by atoms with Crippen molar-refractivity contribution < 1.29 is 14.6 Å². The van der Waals surface area contributed by atoms with Gasteiger partial charge in [0.2, 0.25) is 5.96 Å². The molecule has 1 aromatic carbocycles. The first-order chi connectivity index (χ1) is 8.15. The molecule has 0 heterocycles. The summed E-state index contributed by atoms with van der Waals surface area (Å²) in [5, 5.41) is 11.0. The fourth-order valence-corrected chi connectivity index (χ4v) is 1.19.